The number of carbonyl (C=O) groups is 1. The summed E-state index contributed by atoms with van der Waals surface area (Å²) in [5.41, 5.74) is 6.07. The first-order valence-electron chi connectivity index (χ1n) is 4.55. The molecule has 1 amide bonds. The summed E-state index contributed by atoms with van der Waals surface area (Å²) in [5.74, 6) is -0.269. The number of aliphatic hydroxyl groups excluding tert-OH is 1. The van der Waals surface area contributed by atoms with Gasteiger partial charge in [0.25, 0.3) is 0 Å². The minimum Gasteiger partial charge on any atom is -0.508 e. The van der Waals surface area contributed by atoms with Gasteiger partial charge in [-0.1, -0.05) is 12.1 Å². The molecule has 0 aromatic heterocycles. The molecule has 0 radical (unpaired) electrons. The summed E-state index contributed by atoms with van der Waals surface area (Å²) in [6, 6.07) is 5.64. The molecule has 5 N–H and O–H groups in total. The van der Waals surface area contributed by atoms with E-state index in [0.29, 0.717) is 0 Å². The number of nitrogens with one attached hydrogen (secondary N) is 1. The standard InChI is InChI=1S/C10H14N2O3/c11-9(6-13)10(15)12-5-7-2-1-3-8(14)4-7/h1-4,9,13-14H,5-6,11H2,(H,12,15). The average Bonchev–Trinajstić information content (AvgIpc) is 2.25. The Morgan fingerprint density at radius 3 is 2.87 bits per heavy atom. The highest BCUT2D eigenvalue weighted by Crippen LogP contribution is 2.10. The Bertz CT molecular complexity index is 341. The maximum atomic E-state index is 11.2. The van der Waals surface area contributed by atoms with Gasteiger partial charge >= 0.3 is 0 Å². The summed E-state index contributed by atoms with van der Waals surface area (Å²) in [7, 11) is 0. The molecule has 0 fully saturated rings. The zero-order valence-electron chi connectivity index (χ0n) is 8.18. The van der Waals surface area contributed by atoms with Crippen LogP contribution >= 0.6 is 0 Å². The van der Waals surface area contributed by atoms with Gasteiger partial charge in [-0.05, 0) is 17.7 Å². The first kappa shape index (κ1) is 11.5. The van der Waals surface area contributed by atoms with Crippen LogP contribution < -0.4 is 11.1 Å². The van der Waals surface area contributed by atoms with Crippen LogP contribution in [0.5, 0.6) is 5.75 Å². The molecular formula is C10H14N2O3. The predicted octanol–water partition coefficient (Wildman–Crippen LogP) is -0.672. The van der Waals surface area contributed by atoms with E-state index in [1.165, 1.54) is 0 Å². The van der Waals surface area contributed by atoms with Crippen molar-refractivity contribution in [3.8, 4) is 5.75 Å². The van der Waals surface area contributed by atoms with Gasteiger partial charge in [-0.25, -0.2) is 0 Å². The van der Waals surface area contributed by atoms with Gasteiger partial charge in [0.2, 0.25) is 5.91 Å². The molecular weight excluding hydrogens is 196 g/mol. The lowest BCUT2D eigenvalue weighted by Crippen LogP contribution is -2.42. The highest BCUT2D eigenvalue weighted by Gasteiger charge is 2.10. The highest BCUT2D eigenvalue weighted by atomic mass is 16.3. The molecule has 1 unspecified atom stereocenters. The molecule has 5 nitrogen and oxygen atoms in total. The molecule has 0 heterocycles. The summed E-state index contributed by atoms with van der Waals surface area (Å²) >= 11 is 0. The molecule has 0 bridgehead atoms. The fourth-order valence-electron chi connectivity index (χ4n) is 1.07. The van der Waals surface area contributed by atoms with Crippen molar-refractivity contribution >= 4 is 5.91 Å². The Kier molecular flexibility index (Phi) is 4.08. The van der Waals surface area contributed by atoms with Gasteiger partial charge in [-0.15, -0.1) is 0 Å². The summed E-state index contributed by atoms with van der Waals surface area (Å²) < 4.78 is 0. The van der Waals surface area contributed by atoms with Crippen LogP contribution in [0.15, 0.2) is 24.3 Å². The first-order chi connectivity index (χ1) is 7.13. The normalized spacial score (nSPS) is 12.1. The molecule has 1 rings (SSSR count). The van der Waals surface area contributed by atoms with Gasteiger partial charge in [-0.2, -0.15) is 0 Å². The maximum Gasteiger partial charge on any atom is 0.239 e. The minimum absolute atomic E-state index is 0.146. The Hall–Kier alpha value is -1.59. The predicted molar refractivity (Wildman–Crippen MR) is 55.0 cm³/mol. The van der Waals surface area contributed by atoms with Crippen LogP contribution in [0.1, 0.15) is 5.56 Å². The second-order valence-corrected chi connectivity index (χ2v) is 3.18. The van der Waals surface area contributed by atoms with Crippen LogP contribution in [-0.4, -0.2) is 28.8 Å². The molecule has 0 aliphatic heterocycles. The van der Waals surface area contributed by atoms with Gasteiger partial charge in [0.05, 0.1) is 6.61 Å². The van der Waals surface area contributed by atoms with E-state index in [-0.39, 0.29) is 18.9 Å². The topological polar surface area (TPSA) is 95.6 Å². The van der Waals surface area contributed by atoms with Crippen molar-refractivity contribution in [1.82, 2.24) is 5.32 Å². The molecule has 1 aromatic carbocycles. The van der Waals surface area contributed by atoms with Crippen molar-refractivity contribution in [3.63, 3.8) is 0 Å². The number of rotatable bonds is 4. The highest BCUT2D eigenvalue weighted by molar-refractivity contribution is 5.81. The smallest absolute Gasteiger partial charge is 0.239 e. The number of phenolic OH excluding ortho intramolecular Hbond substituents is 1. The van der Waals surface area contributed by atoms with Crippen LogP contribution in [-0.2, 0) is 11.3 Å². The fourth-order valence-corrected chi connectivity index (χ4v) is 1.07. The lowest BCUT2D eigenvalue weighted by Gasteiger charge is -2.09. The van der Waals surface area contributed by atoms with Gasteiger partial charge in [0.15, 0.2) is 0 Å². The number of nitrogens with two attached hydrogens (primary N) is 1. The van der Waals surface area contributed by atoms with E-state index in [9.17, 15) is 4.79 Å². The number of carbonyl (C=O) groups excluding carboxylic acids is 1. The van der Waals surface area contributed by atoms with Crippen LogP contribution in [0.25, 0.3) is 0 Å². The number of amides is 1. The third-order valence-corrected chi connectivity index (χ3v) is 1.91. The van der Waals surface area contributed by atoms with Crippen molar-refractivity contribution in [1.29, 1.82) is 0 Å². The van der Waals surface area contributed by atoms with Crippen molar-refractivity contribution in [2.24, 2.45) is 5.73 Å². The molecule has 82 valence electrons. The summed E-state index contributed by atoms with van der Waals surface area (Å²) in [5, 5.41) is 20.3. The lowest BCUT2D eigenvalue weighted by molar-refractivity contribution is -0.123. The molecule has 0 saturated heterocycles. The van der Waals surface area contributed by atoms with Crippen LogP contribution in [0.4, 0.5) is 0 Å². The monoisotopic (exact) mass is 210 g/mol. The zero-order chi connectivity index (χ0) is 11.3. The van der Waals surface area contributed by atoms with Gasteiger partial charge in [0, 0.05) is 6.54 Å². The average molecular weight is 210 g/mol. The van der Waals surface area contributed by atoms with E-state index < -0.39 is 11.9 Å². The molecule has 0 spiro atoms. The Morgan fingerprint density at radius 2 is 2.27 bits per heavy atom. The summed E-state index contributed by atoms with van der Waals surface area (Å²) in [6.07, 6.45) is 0. The largest absolute Gasteiger partial charge is 0.508 e. The minimum atomic E-state index is -0.901. The van der Waals surface area contributed by atoms with E-state index in [1.54, 1.807) is 24.3 Å². The van der Waals surface area contributed by atoms with E-state index in [4.69, 9.17) is 15.9 Å². The second kappa shape index (κ2) is 5.33. The van der Waals surface area contributed by atoms with Crippen molar-refractivity contribution in [2.75, 3.05) is 6.61 Å². The summed E-state index contributed by atoms with van der Waals surface area (Å²) in [6.45, 7) is -0.104. The van der Waals surface area contributed by atoms with Gasteiger partial charge in [0.1, 0.15) is 11.8 Å². The summed E-state index contributed by atoms with van der Waals surface area (Å²) in [4.78, 5) is 11.2. The Balaban J connectivity index is 2.47. The van der Waals surface area contributed by atoms with Crippen molar-refractivity contribution in [3.05, 3.63) is 29.8 Å². The maximum absolute atomic E-state index is 11.2. The molecule has 1 atom stereocenters. The lowest BCUT2D eigenvalue weighted by atomic mass is 10.2. The number of hydrogen-bond acceptors (Lipinski definition) is 4. The van der Waals surface area contributed by atoms with Crippen LogP contribution in [0, 0.1) is 0 Å². The van der Waals surface area contributed by atoms with Gasteiger partial charge < -0.3 is 21.3 Å². The SMILES string of the molecule is NC(CO)C(=O)NCc1cccc(O)c1. The molecule has 15 heavy (non-hydrogen) atoms. The van der Waals surface area contributed by atoms with Crippen molar-refractivity contribution in [2.45, 2.75) is 12.6 Å². The number of aliphatic hydroxyl groups is 1. The van der Waals surface area contributed by atoms with Crippen LogP contribution in [0.3, 0.4) is 0 Å². The molecule has 0 aliphatic carbocycles. The fraction of sp³-hybridized carbons (Fsp3) is 0.300. The Labute approximate surface area is 87.5 Å². The molecule has 0 aliphatic rings. The number of aromatic hydroxyl groups is 1. The van der Waals surface area contributed by atoms with E-state index in [0.717, 1.165) is 5.56 Å². The third-order valence-electron chi connectivity index (χ3n) is 1.91. The van der Waals surface area contributed by atoms with Crippen LogP contribution in [0.2, 0.25) is 0 Å². The van der Waals surface area contributed by atoms with E-state index >= 15 is 0 Å². The number of benzene rings is 1. The quantitative estimate of drug-likeness (QED) is 0.530. The van der Waals surface area contributed by atoms with Crippen molar-refractivity contribution < 1.29 is 15.0 Å². The van der Waals surface area contributed by atoms with E-state index in [1.807, 2.05) is 0 Å². The molecule has 1 aromatic rings. The number of phenols is 1. The number of hydrogen-bond donors (Lipinski definition) is 4. The third kappa shape index (κ3) is 3.57. The first-order valence-corrected chi connectivity index (χ1v) is 4.55. The molecule has 0 saturated carbocycles. The van der Waals surface area contributed by atoms with E-state index in [2.05, 4.69) is 5.32 Å². The molecule has 5 heteroatoms. The zero-order valence-corrected chi connectivity index (χ0v) is 8.18. The van der Waals surface area contributed by atoms with Gasteiger partial charge in [-0.3, -0.25) is 4.79 Å². The Morgan fingerprint density at radius 1 is 1.53 bits per heavy atom. The second-order valence-electron chi connectivity index (χ2n) is 3.18.